The van der Waals surface area contributed by atoms with Crippen LogP contribution < -0.4 is 4.74 Å². The number of nitrogens with one attached hydrogen (secondary N) is 1. The van der Waals surface area contributed by atoms with Crippen molar-refractivity contribution >= 4 is 11.8 Å². The van der Waals surface area contributed by atoms with E-state index < -0.39 is 0 Å². The Hall–Kier alpha value is -2.38. The number of aromatic amines is 1. The van der Waals surface area contributed by atoms with Crippen LogP contribution in [-0.2, 0) is 4.74 Å². The van der Waals surface area contributed by atoms with Crippen molar-refractivity contribution in [3.63, 3.8) is 0 Å². The molecule has 0 saturated carbocycles. The Labute approximate surface area is 149 Å². The Bertz CT molecular complexity index is 806. The quantitative estimate of drug-likeness (QED) is 0.644. The van der Waals surface area contributed by atoms with Crippen molar-refractivity contribution in [1.82, 2.24) is 15.2 Å². The van der Waals surface area contributed by atoms with E-state index in [0.29, 0.717) is 16.7 Å². The van der Waals surface area contributed by atoms with Gasteiger partial charge in [-0.2, -0.15) is 0 Å². The van der Waals surface area contributed by atoms with Crippen LogP contribution in [0.15, 0.2) is 53.7 Å². The number of benzene rings is 2. The van der Waals surface area contributed by atoms with Crippen LogP contribution in [0.1, 0.15) is 11.7 Å². The van der Waals surface area contributed by atoms with Gasteiger partial charge in [0.15, 0.2) is 5.82 Å². The van der Waals surface area contributed by atoms with E-state index >= 15 is 0 Å². The first-order valence-corrected chi connectivity index (χ1v) is 8.66. The second-order valence-corrected chi connectivity index (χ2v) is 6.27. The SMILES string of the molecule is COc1ccc(-c2nc(SCC(OC)c3ccc(F)cc3)n[nH]2)cc1. The first-order chi connectivity index (χ1) is 12.2. The molecule has 0 bridgehead atoms. The minimum atomic E-state index is -0.260. The van der Waals surface area contributed by atoms with Gasteiger partial charge in [-0.1, -0.05) is 23.9 Å². The van der Waals surface area contributed by atoms with Gasteiger partial charge in [0, 0.05) is 18.4 Å². The third-order valence-corrected chi connectivity index (χ3v) is 4.63. The van der Waals surface area contributed by atoms with Crippen molar-refractivity contribution in [2.45, 2.75) is 11.3 Å². The highest BCUT2D eigenvalue weighted by atomic mass is 32.2. The standard InChI is InChI=1S/C18H18FN3O2S/c1-23-15-9-5-13(6-10-15)17-20-18(22-21-17)25-11-16(24-2)12-3-7-14(19)8-4-12/h3-10,16H,11H2,1-2H3,(H,20,21,22). The maximum atomic E-state index is 13.0. The molecule has 1 unspecified atom stereocenters. The fourth-order valence-electron chi connectivity index (χ4n) is 2.32. The van der Waals surface area contributed by atoms with Gasteiger partial charge in [-0.25, -0.2) is 9.37 Å². The lowest BCUT2D eigenvalue weighted by Crippen LogP contribution is -2.04. The molecule has 1 aromatic heterocycles. The van der Waals surface area contributed by atoms with Crippen molar-refractivity contribution in [1.29, 1.82) is 0 Å². The van der Waals surface area contributed by atoms with E-state index in [1.807, 2.05) is 24.3 Å². The number of nitrogens with zero attached hydrogens (tertiary/aromatic N) is 2. The maximum Gasteiger partial charge on any atom is 0.208 e. The highest BCUT2D eigenvalue weighted by Crippen LogP contribution is 2.27. The highest BCUT2D eigenvalue weighted by molar-refractivity contribution is 7.99. The summed E-state index contributed by atoms with van der Waals surface area (Å²) in [6.07, 6.45) is -0.159. The van der Waals surface area contributed by atoms with Crippen molar-refractivity contribution < 1.29 is 13.9 Å². The molecule has 0 amide bonds. The fourth-order valence-corrected chi connectivity index (χ4v) is 3.21. The van der Waals surface area contributed by atoms with Crippen molar-refractivity contribution in [2.75, 3.05) is 20.0 Å². The number of hydrogen-bond acceptors (Lipinski definition) is 5. The maximum absolute atomic E-state index is 13.0. The van der Waals surface area contributed by atoms with E-state index in [2.05, 4.69) is 15.2 Å². The summed E-state index contributed by atoms with van der Waals surface area (Å²) in [5, 5.41) is 7.80. The van der Waals surface area contributed by atoms with Crippen molar-refractivity contribution in [2.24, 2.45) is 0 Å². The topological polar surface area (TPSA) is 60.0 Å². The number of halogens is 1. The van der Waals surface area contributed by atoms with Crippen LogP contribution in [0.5, 0.6) is 5.75 Å². The molecular formula is C18H18FN3O2S. The highest BCUT2D eigenvalue weighted by Gasteiger charge is 2.14. The molecule has 0 aliphatic carbocycles. The van der Waals surface area contributed by atoms with Crippen LogP contribution >= 0.6 is 11.8 Å². The first kappa shape index (κ1) is 17.4. The molecule has 0 spiro atoms. The number of aromatic nitrogens is 3. The lowest BCUT2D eigenvalue weighted by atomic mass is 10.1. The van der Waals surface area contributed by atoms with Crippen LogP contribution in [-0.4, -0.2) is 35.2 Å². The summed E-state index contributed by atoms with van der Waals surface area (Å²) in [5.74, 6) is 1.85. The number of rotatable bonds is 7. The van der Waals surface area contributed by atoms with E-state index in [4.69, 9.17) is 9.47 Å². The average Bonchev–Trinajstić information content (AvgIpc) is 3.12. The molecule has 0 fully saturated rings. The molecule has 0 saturated heterocycles. The van der Waals surface area contributed by atoms with Crippen LogP contribution in [0.2, 0.25) is 0 Å². The van der Waals surface area contributed by atoms with Gasteiger partial charge in [0.05, 0.1) is 13.2 Å². The molecule has 7 heteroatoms. The molecule has 0 radical (unpaired) electrons. The Morgan fingerprint density at radius 2 is 1.80 bits per heavy atom. The van der Waals surface area contributed by atoms with E-state index in [-0.39, 0.29) is 11.9 Å². The van der Waals surface area contributed by atoms with Crippen molar-refractivity contribution in [3.8, 4) is 17.1 Å². The zero-order chi connectivity index (χ0) is 17.6. The second kappa shape index (κ2) is 8.13. The number of hydrogen-bond donors (Lipinski definition) is 1. The molecular weight excluding hydrogens is 341 g/mol. The first-order valence-electron chi connectivity index (χ1n) is 7.67. The molecule has 5 nitrogen and oxygen atoms in total. The third kappa shape index (κ3) is 4.37. The zero-order valence-corrected chi connectivity index (χ0v) is 14.7. The van der Waals surface area contributed by atoms with Gasteiger partial charge >= 0.3 is 0 Å². The van der Waals surface area contributed by atoms with E-state index in [0.717, 1.165) is 16.9 Å². The zero-order valence-electron chi connectivity index (χ0n) is 13.9. The predicted octanol–water partition coefficient (Wildman–Crippen LogP) is 4.10. The Kier molecular flexibility index (Phi) is 5.67. The van der Waals surface area contributed by atoms with Crippen molar-refractivity contribution in [3.05, 3.63) is 59.9 Å². The molecule has 0 aliphatic rings. The van der Waals surface area contributed by atoms with E-state index in [9.17, 15) is 4.39 Å². The smallest absolute Gasteiger partial charge is 0.208 e. The molecule has 3 aromatic rings. The summed E-state index contributed by atoms with van der Waals surface area (Å²) in [7, 11) is 3.26. The summed E-state index contributed by atoms with van der Waals surface area (Å²) >= 11 is 1.48. The van der Waals surface area contributed by atoms with Gasteiger partial charge < -0.3 is 9.47 Å². The Morgan fingerprint density at radius 1 is 1.08 bits per heavy atom. The van der Waals surface area contributed by atoms with Crippen LogP contribution in [0.25, 0.3) is 11.4 Å². The number of thioether (sulfide) groups is 1. The normalized spacial score (nSPS) is 12.1. The van der Waals surface area contributed by atoms with Crippen LogP contribution in [0.4, 0.5) is 4.39 Å². The molecule has 1 N–H and O–H groups in total. The second-order valence-electron chi connectivity index (χ2n) is 5.28. The Morgan fingerprint density at radius 3 is 2.44 bits per heavy atom. The minimum Gasteiger partial charge on any atom is -0.497 e. The van der Waals surface area contributed by atoms with Crippen LogP contribution in [0, 0.1) is 5.82 Å². The van der Waals surface area contributed by atoms with E-state index in [1.165, 1.54) is 23.9 Å². The summed E-state index contributed by atoms with van der Waals surface area (Å²) in [4.78, 5) is 4.49. The summed E-state index contributed by atoms with van der Waals surface area (Å²) in [6, 6.07) is 13.9. The lowest BCUT2D eigenvalue weighted by molar-refractivity contribution is 0.123. The Balaban J connectivity index is 1.65. The van der Waals surface area contributed by atoms with Gasteiger partial charge in [-0.05, 0) is 42.0 Å². The lowest BCUT2D eigenvalue weighted by Gasteiger charge is -2.14. The monoisotopic (exact) mass is 359 g/mol. The minimum absolute atomic E-state index is 0.159. The van der Waals surface area contributed by atoms with Gasteiger partial charge in [0.1, 0.15) is 11.6 Å². The molecule has 0 aliphatic heterocycles. The summed E-state index contributed by atoms with van der Waals surface area (Å²) < 4.78 is 23.7. The number of H-pyrrole nitrogens is 1. The summed E-state index contributed by atoms with van der Waals surface area (Å²) in [5.41, 5.74) is 1.85. The molecule has 1 heterocycles. The molecule has 25 heavy (non-hydrogen) atoms. The number of ether oxygens (including phenoxy) is 2. The average molecular weight is 359 g/mol. The third-order valence-electron chi connectivity index (χ3n) is 3.72. The van der Waals surface area contributed by atoms with Gasteiger partial charge in [0.2, 0.25) is 5.16 Å². The van der Waals surface area contributed by atoms with Gasteiger partial charge in [-0.3, -0.25) is 5.10 Å². The summed E-state index contributed by atoms with van der Waals surface area (Å²) in [6.45, 7) is 0. The molecule has 3 rings (SSSR count). The largest absolute Gasteiger partial charge is 0.497 e. The predicted molar refractivity (Wildman–Crippen MR) is 95.2 cm³/mol. The number of methoxy groups -OCH3 is 2. The van der Waals surface area contributed by atoms with E-state index in [1.54, 1.807) is 26.4 Å². The van der Waals surface area contributed by atoms with Crippen LogP contribution in [0.3, 0.4) is 0 Å². The molecule has 1 atom stereocenters. The fraction of sp³-hybridized carbons (Fsp3) is 0.222. The molecule has 130 valence electrons. The van der Waals surface area contributed by atoms with Gasteiger partial charge in [-0.15, -0.1) is 5.10 Å². The van der Waals surface area contributed by atoms with Gasteiger partial charge in [0.25, 0.3) is 0 Å². The molecule has 2 aromatic carbocycles.